The van der Waals surface area contributed by atoms with Crippen molar-refractivity contribution >= 4 is 14.3 Å². The van der Waals surface area contributed by atoms with Crippen molar-refractivity contribution in [3.05, 3.63) is 22.7 Å². The van der Waals surface area contributed by atoms with Gasteiger partial charge in [0.15, 0.2) is 6.23 Å². The van der Waals surface area contributed by atoms with Crippen molar-refractivity contribution in [2.45, 2.75) is 24.3 Å². The summed E-state index contributed by atoms with van der Waals surface area (Å²) < 4.78 is 19.5. The second kappa shape index (κ2) is 7.35. The van der Waals surface area contributed by atoms with Crippen LogP contribution in [0.3, 0.4) is 0 Å². The molecule has 0 unspecified atom stereocenters. The van der Waals surface area contributed by atoms with Gasteiger partial charge in [-0.2, -0.15) is 4.98 Å². The van der Waals surface area contributed by atoms with Gasteiger partial charge in [-0.3, -0.25) is 10.1 Å². The van der Waals surface area contributed by atoms with Gasteiger partial charge in [0.05, 0.1) is 6.61 Å². The fourth-order valence-corrected chi connectivity index (χ4v) is 1.75. The number of nitrogens with zero attached hydrogens (tertiary/aromatic N) is 2. The molecule has 1 aliphatic rings. The minimum absolute atomic E-state index is 0.0732. The normalized spacial score (nSPS) is 31.0. The van der Waals surface area contributed by atoms with Crippen LogP contribution in [0.25, 0.3) is 0 Å². The summed E-state index contributed by atoms with van der Waals surface area (Å²) in [5.74, 6) is -3.29. The zero-order chi connectivity index (χ0) is 17.1. The first-order valence-corrected chi connectivity index (χ1v) is 7.05. The number of aromatic nitrogens is 2. The lowest BCUT2D eigenvalue weighted by Gasteiger charge is -2.23. The second-order valence-corrected chi connectivity index (χ2v) is 4.89. The Kier molecular flexibility index (Phi) is 6.28. The predicted octanol–water partition coefficient (Wildman–Crippen LogP) is -3.11. The van der Waals surface area contributed by atoms with Crippen molar-refractivity contribution in [3.8, 4) is 0 Å². The Morgan fingerprint density at radius 3 is 2.50 bits per heavy atom. The van der Waals surface area contributed by atoms with Crippen LogP contribution in [0.1, 0.15) is 6.23 Å². The number of halogens is 1. The zero-order valence-electron chi connectivity index (χ0n) is 11.0. The van der Waals surface area contributed by atoms with Crippen LogP contribution in [0.15, 0.2) is 17.1 Å². The highest BCUT2D eigenvalue weighted by Gasteiger charge is 2.57. The minimum atomic E-state index is -3.21. The van der Waals surface area contributed by atoms with E-state index in [4.69, 9.17) is 25.4 Å². The van der Waals surface area contributed by atoms with Crippen LogP contribution in [0.4, 0.5) is 10.2 Å². The van der Waals surface area contributed by atoms with E-state index in [0.29, 0.717) is 4.57 Å². The predicted molar refractivity (Wildman–Crippen MR) is 71.5 cm³/mol. The SMILES string of the molecule is NP(O)O.Nc1ccn([C@@H]2O[C@H](CO)[C@@H](O)[C@]2(O)F)c(=O)n1. The molecule has 13 heteroatoms. The van der Waals surface area contributed by atoms with Crippen molar-refractivity contribution in [1.82, 2.24) is 9.55 Å². The molecule has 1 fully saturated rings. The van der Waals surface area contributed by atoms with Crippen molar-refractivity contribution in [2.24, 2.45) is 5.50 Å². The molecule has 2 rings (SSSR count). The van der Waals surface area contributed by atoms with Gasteiger partial charge in [-0.1, -0.05) is 0 Å². The quantitative estimate of drug-likeness (QED) is 0.270. The molecule has 1 saturated heterocycles. The molecule has 0 aromatic carbocycles. The fraction of sp³-hybridized carbons (Fsp3) is 0.556. The molecule has 9 N–H and O–H groups in total. The van der Waals surface area contributed by atoms with Gasteiger partial charge in [-0.25, -0.2) is 9.18 Å². The van der Waals surface area contributed by atoms with Crippen LogP contribution in [0.2, 0.25) is 0 Å². The average Bonchev–Trinajstić information content (AvgIpc) is 2.61. The van der Waals surface area contributed by atoms with Gasteiger partial charge < -0.3 is 35.6 Å². The van der Waals surface area contributed by atoms with Crippen LogP contribution in [-0.4, -0.2) is 59.3 Å². The largest absolute Gasteiger partial charge is 0.394 e. The summed E-state index contributed by atoms with van der Waals surface area (Å²) in [7, 11) is -2.12. The molecule has 0 bridgehead atoms. The molecule has 0 spiro atoms. The summed E-state index contributed by atoms with van der Waals surface area (Å²) in [6.45, 7) is -0.707. The Hall–Kier alpha value is -1.24. The summed E-state index contributed by atoms with van der Waals surface area (Å²) in [5.41, 5.74) is 8.61. The lowest BCUT2D eigenvalue weighted by Crippen LogP contribution is -2.45. The summed E-state index contributed by atoms with van der Waals surface area (Å²) in [5, 5.41) is 27.8. The van der Waals surface area contributed by atoms with E-state index in [-0.39, 0.29) is 5.82 Å². The van der Waals surface area contributed by atoms with Crippen LogP contribution in [-0.2, 0) is 4.74 Å². The third kappa shape index (κ3) is 4.15. The van der Waals surface area contributed by atoms with Crippen LogP contribution < -0.4 is 16.9 Å². The monoisotopic (exact) mass is 342 g/mol. The van der Waals surface area contributed by atoms with Gasteiger partial charge >= 0.3 is 5.69 Å². The first-order chi connectivity index (χ1) is 10.1. The number of hydrogen-bond acceptors (Lipinski definition) is 10. The van der Waals surface area contributed by atoms with Crippen molar-refractivity contribution in [3.63, 3.8) is 0 Å². The molecule has 0 saturated carbocycles. The number of nitrogen functional groups attached to an aromatic ring is 1. The van der Waals surface area contributed by atoms with Gasteiger partial charge in [-0.05, 0) is 6.07 Å². The number of aliphatic hydroxyl groups is 3. The number of rotatable bonds is 2. The van der Waals surface area contributed by atoms with E-state index in [1.807, 2.05) is 0 Å². The third-order valence-corrected chi connectivity index (χ3v) is 2.70. The Morgan fingerprint density at radius 1 is 1.55 bits per heavy atom. The lowest BCUT2D eigenvalue weighted by molar-refractivity contribution is -0.196. The van der Waals surface area contributed by atoms with Gasteiger partial charge in [0, 0.05) is 6.20 Å². The summed E-state index contributed by atoms with van der Waals surface area (Å²) >= 11 is 0. The molecule has 1 aliphatic heterocycles. The first kappa shape index (κ1) is 18.8. The Labute approximate surface area is 124 Å². The molecular formula is C9H16FN4O7P. The summed E-state index contributed by atoms with van der Waals surface area (Å²) in [4.78, 5) is 29.7. The zero-order valence-corrected chi connectivity index (χ0v) is 11.9. The van der Waals surface area contributed by atoms with Crippen molar-refractivity contribution < 1.29 is 34.2 Å². The van der Waals surface area contributed by atoms with Gasteiger partial charge in [-0.15, -0.1) is 0 Å². The molecule has 11 nitrogen and oxygen atoms in total. The number of nitrogens with two attached hydrogens (primary N) is 2. The molecule has 1 aromatic heterocycles. The van der Waals surface area contributed by atoms with E-state index in [9.17, 15) is 19.4 Å². The first-order valence-electron chi connectivity index (χ1n) is 5.74. The van der Waals surface area contributed by atoms with E-state index in [1.54, 1.807) is 0 Å². The maximum atomic E-state index is 13.9. The van der Waals surface area contributed by atoms with Crippen molar-refractivity contribution in [1.29, 1.82) is 0 Å². The molecular weight excluding hydrogens is 326 g/mol. The van der Waals surface area contributed by atoms with E-state index in [0.717, 1.165) is 6.20 Å². The molecule has 126 valence electrons. The standard InChI is InChI=1S/C9H12FN3O5.H4NO2P/c10-9(17)6(15)4(3-14)18-7(9)13-2-1-5(11)12-8(13)16;1-4(2)3/h1-2,4,6-7,14-15,17H,3H2,(H2,11,12,16);2-3H,1H2/t4-,6-,7-,9-;/m1./s1. The molecule has 22 heavy (non-hydrogen) atoms. The van der Waals surface area contributed by atoms with Crippen LogP contribution >= 0.6 is 8.53 Å². The van der Waals surface area contributed by atoms with E-state index >= 15 is 0 Å². The van der Waals surface area contributed by atoms with E-state index in [1.165, 1.54) is 6.07 Å². The number of anilines is 1. The highest BCUT2D eigenvalue weighted by molar-refractivity contribution is 7.42. The molecule has 0 amide bonds. The average molecular weight is 342 g/mol. The molecule has 1 aromatic rings. The lowest BCUT2D eigenvalue weighted by atomic mass is 10.1. The third-order valence-electron chi connectivity index (χ3n) is 2.70. The van der Waals surface area contributed by atoms with Crippen molar-refractivity contribution in [2.75, 3.05) is 12.3 Å². The minimum Gasteiger partial charge on any atom is -0.394 e. The van der Waals surface area contributed by atoms with Gasteiger partial charge in [0.1, 0.15) is 18.0 Å². The van der Waals surface area contributed by atoms with E-state index < -0.39 is 45.1 Å². The highest BCUT2D eigenvalue weighted by Crippen LogP contribution is 2.38. The van der Waals surface area contributed by atoms with Crippen LogP contribution in [0.5, 0.6) is 0 Å². The van der Waals surface area contributed by atoms with Gasteiger partial charge in [0.25, 0.3) is 5.85 Å². The number of alkyl halides is 1. The summed E-state index contributed by atoms with van der Waals surface area (Å²) in [6, 6.07) is 1.21. The topological polar surface area (TPSA) is 197 Å². The number of ether oxygens (including phenoxy) is 1. The van der Waals surface area contributed by atoms with E-state index in [2.05, 4.69) is 10.5 Å². The number of aliphatic hydroxyl groups excluding tert-OH is 2. The maximum Gasteiger partial charge on any atom is 0.351 e. The molecule has 2 heterocycles. The maximum absolute atomic E-state index is 13.9. The Balaban J connectivity index is 0.000000541. The Bertz CT molecular complexity index is 554. The second-order valence-electron chi connectivity index (χ2n) is 4.24. The van der Waals surface area contributed by atoms with Gasteiger partial charge in [0.2, 0.25) is 8.53 Å². The molecule has 0 aliphatic carbocycles. The summed E-state index contributed by atoms with van der Waals surface area (Å²) in [6.07, 6.45) is -4.04. The highest BCUT2D eigenvalue weighted by atomic mass is 31.2. The Morgan fingerprint density at radius 2 is 2.09 bits per heavy atom. The molecule has 0 radical (unpaired) electrons. The smallest absolute Gasteiger partial charge is 0.351 e. The van der Waals surface area contributed by atoms with Crippen LogP contribution in [0, 0.1) is 0 Å². The fourth-order valence-electron chi connectivity index (χ4n) is 1.75. The number of hydrogen-bond donors (Lipinski definition) is 7. The molecule has 4 atom stereocenters.